The molecule has 0 spiro atoms. The number of nitrogens with zero attached hydrogens (tertiary/aromatic N) is 1. The molecule has 0 saturated heterocycles. The smallest absolute Gasteiger partial charge is 0.178 e. The molecule has 0 aliphatic carbocycles. The van der Waals surface area contributed by atoms with Crippen LogP contribution in [0.3, 0.4) is 0 Å². The van der Waals surface area contributed by atoms with Gasteiger partial charge in [-0.1, -0.05) is 218 Å². The molecule has 6 aromatic rings. The van der Waals surface area contributed by atoms with Crippen molar-refractivity contribution in [1.82, 2.24) is 6.15 Å². The summed E-state index contributed by atoms with van der Waals surface area (Å²) in [6.07, 6.45) is 20.4. The molecule has 0 unspecified atom stereocenters. The maximum absolute atomic E-state index is 11.6. The van der Waals surface area contributed by atoms with Crippen molar-refractivity contribution in [2.24, 2.45) is 0 Å². The van der Waals surface area contributed by atoms with Gasteiger partial charge in [-0.05, 0) is 69.8 Å². The minimum absolute atomic E-state index is 0. The summed E-state index contributed by atoms with van der Waals surface area (Å²) < 4.78 is 0. The average molecular weight is 930 g/mol. The predicted octanol–water partition coefficient (Wildman–Crippen LogP) is 11.5. The van der Waals surface area contributed by atoms with Gasteiger partial charge in [0.25, 0.3) is 0 Å². The Hall–Kier alpha value is -5.95. The molecule has 0 heterocycles. The van der Waals surface area contributed by atoms with Gasteiger partial charge in [-0.25, -0.2) is 0 Å². The summed E-state index contributed by atoms with van der Waals surface area (Å²) in [5.74, 6) is -0.0341. The van der Waals surface area contributed by atoms with Crippen molar-refractivity contribution in [3.05, 3.63) is 252 Å². The fourth-order valence-corrected chi connectivity index (χ4v) is 4.62. The summed E-state index contributed by atoms with van der Waals surface area (Å²) in [6.45, 7) is 0. The molecule has 0 aliphatic heterocycles. The summed E-state index contributed by atoms with van der Waals surface area (Å²) in [7, 11) is 0. The van der Waals surface area contributed by atoms with Crippen LogP contribution in [0.15, 0.2) is 218 Å². The largest absolute Gasteiger partial charge is 0.290 e. The Morgan fingerprint density at radius 1 is 0.246 bits per heavy atom. The summed E-state index contributed by atoms with van der Waals surface area (Å²) in [6, 6.07) is 58.7. The van der Waals surface area contributed by atoms with E-state index in [4.69, 9.17) is 0 Å². The third-order valence-corrected chi connectivity index (χ3v) is 7.44. The Balaban J connectivity index is 0.000000417. The Bertz CT molecular complexity index is 1770. The van der Waals surface area contributed by atoms with E-state index in [1.54, 1.807) is 36.5 Å². The van der Waals surface area contributed by atoms with Crippen molar-refractivity contribution in [1.29, 1.82) is 0 Å². The van der Waals surface area contributed by atoms with E-state index in [0.717, 1.165) is 33.4 Å². The molecule has 0 aromatic heterocycles. The summed E-state index contributed by atoms with van der Waals surface area (Å²) in [5, 5.41) is 0. The second-order valence-corrected chi connectivity index (χ2v) is 11.7. The number of carbonyl (C=O) groups excluding carboxylic acids is 3. The van der Waals surface area contributed by atoms with Gasteiger partial charge < -0.3 is 0 Å². The predicted molar refractivity (Wildman–Crippen MR) is 230 cm³/mol. The number of ketones is 3. The molecule has 0 bridgehead atoms. The minimum Gasteiger partial charge on any atom is -0.290 e. The number of allylic oxidation sites excluding steroid dienone is 6. The maximum atomic E-state index is 11.6. The van der Waals surface area contributed by atoms with Crippen molar-refractivity contribution in [2.45, 2.75) is 0 Å². The van der Waals surface area contributed by atoms with Gasteiger partial charge in [0.05, 0.1) is 0 Å². The van der Waals surface area contributed by atoms with Crippen LogP contribution in [0, 0.1) is 0 Å². The Morgan fingerprint density at radius 2 is 0.368 bits per heavy atom. The Kier molecular flexibility index (Phi) is 26.1. The van der Waals surface area contributed by atoms with Crippen molar-refractivity contribution < 1.29 is 55.2 Å². The van der Waals surface area contributed by atoms with Gasteiger partial charge in [0.15, 0.2) is 17.3 Å². The Morgan fingerprint density at radius 3 is 0.491 bits per heavy atom. The van der Waals surface area contributed by atoms with E-state index in [0.29, 0.717) is 0 Å². The first-order chi connectivity index (χ1) is 26.5. The topological polar surface area (TPSA) is 81.7 Å². The summed E-state index contributed by atoms with van der Waals surface area (Å²) in [4.78, 5) is 34.8. The molecular formula is C51H42NO3Pd2. The van der Waals surface area contributed by atoms with Crippen molar-refractivity contribution in [2.75, 3.05) is 0 Å². The van der Waals surface area contributed by atoms with E-state index >= 15 is 0 Å². The van der Waals surface area contributed by atoms with Crippen LogP contribution in [0.1, 0.15) is 33.4 Å². The Labute approximate surface area is 364 Å². The molecule has 6 aromatic carbocycles. The van der Waals surface area contributed by atoms with E-state index in [2.05, 4.69) is 0 Å². The quantitative estimate of drug-likeness (QED) is 0.0905. The molecular weight excluding hydrogens is 887 g/mol. The van der Waals surface area contributed by atoms with Gasteiger partial charge in [-0.2, -0.15) is 0 Å². The summed E-state index contributed by atoms with van der Waals surface area (Å²) in [5.41, 5.74) is 6.16. The van der Waals surface area contributed by atoms with Crippen LogP contribution >= 0.6 is 0 Å². The normalized spacial score (nSPS) is 10.5. The van der Waals surface area contributed by atoms with Gasteiger partial charge in [-0.15, -0.1) is 0 Å². The van der Waals surface area contributed by atoms with E-state index in [1.807, 2.05) is 218 Å². The zero-order valence-corrected chi connectivity index (χ0v) is 34.2. The first-order valence-corrected chi connectivity index (χ1v) is 17.5. The molecule has 6 rings (SSSR count). The van der Waals surface area contributed by atoms with E-state index in [1.165, 1.54) is 0 Å². The van der Waals surface area contributed by atoms with Crippen LogP contribution in [0.25, 0.3) is 36.5 Å². The molecule has 6 heteroatoms. The zero-order valence-electron chi connectivity index (χ0n) is 31.1. The molecule has 0 aliphatic rings. The third-order valence-electron chi connectivity index (χ3n) is 7.44. The third kappa shape index (κ3) is 22.3. The van der Waals surface area contributed by atoms with Crippen LogP contribution < -0.4 is 6.15 Å². The van der Waals surface area contributed by atoms with Crippen LogP contribution in [0.4, 0.5) is 0 Å². The summed E-state index contributed by atoms with van der Waals surface area (Å²) >= 11 is 0. The average Bonchev–Trinajstić information content (AvgIpc) is 3.24. The zero-order chi connectivity index (χ0) is 37.9. The van der Waals surface area contributed by atoms with Gasteiger partial charge in [0.1, 0.15) is 0 Å². The molecule has 289 valence electrons. The van der Waals surface area contributed by atoms with Crippen LogP contribution in [-0.4, -0.2) is 17.3 Å². The van der Waals surface area contributed by atoms with Gasteiger partial charge in [0, 0.05) is 47.0 Å². The minimum atomic E-state index is -0.0114. The van der Waals surface area contributed by atoms with Gasteiger partial charge in [-0.3, -0.25) is 14.4 Å². The second-order valence-electron chi connectivity index (χ2n) is 11.7. The first kappa shape index (κ1) is 49.1. The monoisotopic (exact) mass is 928 g/mol. The molecule has 0 amide bonds. The van der Waals surface area contributed by atoms with Gasteiger partial charge in [0.2, 0.25) is 0 Å². The van der Waals surface area contributed by atoms with E-state index in [-0.39, 0.29) is 64.3 Å². The maximum Gasteiger partial charge on any atom is 0.178 e. The molecule has 0 fully saturated rings. The van der Waals surface area contributed by atoms with Crippen molar-refractivity contribution in [3.8, 4) is 0 Å². The van der Waals surface area contributed by atoms with E-state index < -0.39 is 0 Å². The fourth-order valence-electron chi connectivity index (χ4n) is 4.62. The molecule has 0 N–H and O–H groups in total. The first-order valence-electron chi connectivity index (χ1n) is 17.5. The fraction of sp³-hybridized carbons (Fsp3) is 0. The number of benzene rings is 6. The molecule has 0 atom stereocenters. The molecule has 4 nitrogen and oxygen atoms in total. The van der Waals surface area contributed by atoms with Crippen molar-refractivity contribution in [3.63, 3.8) is 0 Å². The van der Waals surface area contributed by atoms with E-state index in [9.17, 15) is 14.4 Å². The van der Waals surface area contributed by atoms with Crippen LogP contribution in [-0.2, 0) is 55.2 Å². The molecule has 57 heavy (non-hydrogen) atoms. The second kappa shape index (κ2) is 30.3. The standard InChI is InChI=1S/3C17H14O.N.2Pd/c3*18-17(13-11-15-7-3-1-4-8-15)14-12-16-9-5-2-6-10-16;;;/h3*1-14H;;;. The van der Waals surface area contributed by atoms with Crippen LogP contribution in [0.5, 0.6) is 0 Å². The number of hydrogen-bond acceptors (Lipinski definition) is 3. The SMILES string of the molecule is O=C(C=Cc1ccccc1)C=Cc1ccccc1.O=C(C=Cc1ccccc1)C=Cc1ccccc1.O=C(C=Cc1ccccc1)C=Cc1ccccc1.[N].[Pd].[Pd]. The molecule has 0 saturated carbocycles. The number of rotatable bonds is 12. The van der Waals surface area contributed by atoms with Crippen LogP contribution in [0.2, 0.25) is 0 Å². The van der Waals surface area contributed by atoms with Gasteiger partial charge >= 0.3 is 0 Å². The van der Waals surface area contributed by atoms with Crippen molar-refractivity contribution >= 4 is 53.8 Å². The molecule has 3 radical (unpaired) electrons. The number of hydrogen-bond donors (Lipinski definition) is 0. The number of carbonyl (C=O) groups is 3.